The van der Waals surface area contributed by atoms with E-state index in [4.69, 9.17) is 4.74 Å². The predicted molar refractivity (Wildman–Crippen MR) is 153 cm³/mol. The Labute approximate surface area is 225 Å². The first-order valence-corrected chi connectivity index (χ1v) is 14.0. The van der Waals surface area contributed by atoms with E-state index >= 15 is 0 Å². The van der Waals surface area contributed by atoms with E-state index < -0.39 is 0 Å². The van der Waals surface area contributed by atoms with Crippen LogP contribution in [-0.4, -0.2) is 36.7 Å². The molecule has 6 nitrogen and oxygen atoms in total. The molecule has 2 aliphatic rings. The quantitative estimate of drug-likeness (QED) is 0.439. The van der Waals surface area contributed by atoms with Crippen LogP contribution in [0, 0.1) is 13.8 Å². The van der Waals surface area contributed by atoms with E-state index in [2.05, 4.69) is 40.3 Å². The number of aryl methyl sites for hydroxylation is 1. The Morgan fingerprint density at radius 1 is 1.03 bits per heavy atom. The number of carbonyl (C=O) groups excluding carboxylic acids is 1. The summed E-state index contributed by atoms with van der Waals surface area (Å²) in [6.07, 6.45) is 6.06. The number of pyridine rings is 1. The lowest BCUT2D eigenvalue weighted by Gasteiger charge is -2.37. The summed E-state index contributed by atoms with van der Waals surface area (Å²) in [4.78, 5) is 32.1. The molecule has 1 fully saturated rings. The Hall–Kier alpha value is -3.38. The van der Waals surface area contributed by atoms with Crippen molar-refractivity contribution >= 4 is 11.6 Å². The zero-order chi connectivity index (χ0) is 26.6. The molecular formula is C32H39N3O3. The number of fused-ring (bicyclic) bond motifs is 1. The minimum atomic E-state index is -0.144. The lowest BCUT2D eigenvalue weighted by atomic mass is 9.88. The fourth-order valence-electron chi connectivity index (χ4n) is 6.21. The Morgan fingerprint density at radius 3 is 2.45 bits per heavy atom. The minimum Gasteiger partial charge on any atom is -0.381 e. The number of hydrogen-bond donors (Lipinski definition) is 2. The van der Waals surface area contributed by atoms with Gasteiger partial charge in [0.05, 0.1) is 0 Å². The summed E-state index contributed by atoms with van der Waals surface area (Å²) in [5.74, 6) is -0.144. The number of H-pyrrole nitrogens is 1. The van der Waals surface area contributed by atoms with Gasteiger partial charge < -0.3 is 19.9 Å². The highest BCUT2D eigenvalue weighted by atomic mass is 16.5. The second kappa shape index (κ2) is 11.6. The molecule has 0 atom stereocenters. The van der Waals surface area contributed by atoms with Crippen molar-refractivity contribution in [3.05, 3.63) is 86.3 Å². The van der Waals surface area contributed by atoms with Crippen LogP contribution in [0.5, 0.6) is 0 Å². The molecule has 0 spiro atoms. The van der Waals surface area contributed by atoms with Crippen molar-refractivity contribution in [1.82, 2.24) is 10.3 Å². The Kier molecular flexibility index (Phi) is 7.98. The number of nitrogens with zero attached hydrogens (tertiary/aromatic N) is 1. The van der Waals surface area contributed by atoms with Crippen LogP contribution in [0.25, 0.3) is 11.1 Å². The van der Waals surface area contributed by atoms with Gasteiger partial charge in [0.2, 0.25) is 0 Å². The smallest absolute Gasteiger partial charge is 0.253 e. The first-order valence-electron chi connectivity index (χ1n) is 14.0. The van der Waals surface area contributed by atoms with Crippen molar-refractivity contribution in [2.24, 2.45) is 0 Å². The van der Waals surface area contributed by atoms with E-state index in [0.717, 1.165) is 91.9 Å². The van der Waals surface area contributed by atoms with E-state index in [1.165, 1.54) is 5.56 Å². The van der Waals surface area contributed by atoms with Gasteiger partial charge in [0, 0.05) is 54.9 Å². The summed E-state index contributed by atoms with van der Waals surface area (Å²) < 4.78 is 5.63. The summed E-state index contributed by atoms with van der Waals surface area (Å²) in [6, 6.07) is 14.8. The van der Waals surface area contributed by atoms with Crippen LogP contribution < -0.4 is 15.8 Å². The number of rotatable bonds is 7. The molecule has 0 radical (unpaired) electrons. The molecule has 0 saturated carbocycles. The maximum absolute atomic E-state index is 13.7. The van der Waals surface area contributed by atoms with Crippen molar-refractivity contribution in [3.8, 4) is 11.1 Å². The molecule has 1 saturated heterocycles. The molecule has 0 bridgehead atoms. The van der Waals surface area contributed by atoms with Crippen molar-refractivity contribution in [1.29, 1.82) is 0 Å². The van der Waals surface area contributed by atoms with Gasteiger partial charge >= 0.3 is 0 Å². The average Bonchev–Trinajstić information content (AvgIpc) is 2.95. The average molecular weight is 514 g/mol. The number of hydrogen-bond acceptors (Lipinski definition) is 4. The maximum Gasteiger partial charge on any atom is 0.253 e. The molecule has 1 aliphatic heterocycles. The van der Waals surface area contributed by atoms with Gasteiger partial charge in [-0.2, -0.15) is 0 Å². The Balaban J connectivity index is 1.50. The van der Waals surface area contributed by atoms with Crippen molar-refractivity contribution in [2.45, 2.75) is 71.9 Å². The number of aromatic amines is 1. The third kappa shape index (κ3) is 5.28. The van der Waals surface area contributed by atoms with Crippen molar-refractivity contribution < 1.29 is 9.53 Å². The SMILES string of the molecule is CCN(c1cc(-c2ccccc2)cc(C(=O)NCc2c3c(c(C)[nH]c2=O)CCCC3)c1C)C1CCOCC1. The molecule has 2 aromatic carbocycles. The topological polar surface area (TPSA) is 74.4 Å². The van der Waals surface area contributed by atoms with Crippen molar-refractivity contribution in [2.75, 3.05) is 24.7 Å². The summed E-state index contributed by atoms with van der Waals surface area (Å²) in [6.45, 7) is 8.82. The van der Waals surface area contributed by atoms with Crippen LogP contribution in [0.15, 0.2) is 47.3 Å². The zero-order valence-corrected chi connectivity index (χ0v) is 22.9. The lowest BCUT2D eigenvalue weighted by Crippen LogP contribution is -2.40. The number of anilines is 1. The summed E-state index contributed by atoms with van der Waals surface area (Å²) >= 11 is 0. The Morgan fingerprint density at radius 2 is 1.74 bits per heavy atom. The molecule has 1 aliphatic carbocycles. The molecule has 6 heteroatoms. The van der Waals surface area contributed by atoms with Crippen molar-refractivity contribution in [3.63, 3.8) is 0 Å². The van der Waals surface area contributed by atoms with E-state index in [0.29, 0.717) is 17.2 Å². The maximum atomic E-state index is 13.7. The molecule has 2 heterocycles. The fourth-order valence-corrected chi connectivity index (χ4v) is 6.21. The van der Waals surface area contributed by atoms with Gasteiger partial charge in [-0.25, -0.2) is 0 Å². The standard InChI is InChI=1S/C32H39N3O3/c1-4-35(25-14-16-38-17-15-25)30-19-24(23-10-6-5-7-11-23)18-28(21(30)2)31(36)33-20-29-27-13-9-8-12-26(27)22(3)34-32(29)37/h5-7,10-11,18-19,25H,4,8-9,12-17,20H2,1-3H3,(H,33,36)(H,34,37). The fraction of sp³-hybridized carbons (Fsp3) is 0.438. The van der Waals surface area contributed by atoms with Crippen LogP contribution in [0.4, 0.5) is 5.69 Å². The highest BCUT2D eigenvalue weighted by Crippen LogP contribution is 2.34. The first kappa shape index (κ1) is 26.2. The molecule has 1 aromatic heterocycles. The van der Waals surface area contributed by atoms with E-state index in [-0.39, 0.29) is 18.0 Å². The van der Waals surface area contributed by atoms with Crippen LogP contribution in [0.3, 0.4) is 0 Å². The second-order valence-corrected chi connectivity index (χ2v) is 10.6. The highest BCUT2D eigenvalue weighted by Gasteiger charge is 2.25. The number of aromatic nitrogens is 1. The normalized spacial score (nSPS) is 15.7. The zero-order valence-electron chi connectivity index (χ0n) is 22.9. The van der Waals surface area contributed by atoms with Crippen LogP contribution in [0.2, 0.25) is 0 Å². The molecular weight excluding hydrogens is 474 g/mol. The van der Waals surface area contributed by atoms with Gasteiger partial charge in [0.25, 0.3) is 11.5 Å². The van der Waals surface area contributed by atoms with E-state index in [9.17, 15) is 9.59 Å². The largest absolute Gasteiger partial charge is 0.381 e. The first-order chi connectivity index (χ1) is 18.5. The van der Waals surface area contributed by atoms with Crippen LogP contribution >= 0.6 is 0 Å². The molecule has 2 N–H and O–H groups in total. The molecule has 38 heavy (non-hydrogen) atoms. The summed E-state index contributed by atoms with van der Waals surface area (Å²) in [7, 11) is 0. The molecule has 1 amide bonds. The van der Waals surface area contributed by atoms with Gasteiger partial charge in [-0.15, -0.1) is 0 Å². The minimum absolute atomic E-state index is 0.0874. The summed E-state index contributed by atoms with van der Waals surface area (Å²) in [5, 5.41) is 3.11. The van der Waals surface area contributed by atoms with E-state index in [1.807, 2.05) is 38.1 Å². The number of nitrogens with one attached hydrogen (secondary N) is 2. The third-order valence-electron chi connectivity index (χ3n) is 8.30. The monoisotopic (exact) mass is 513 g/mol. The number of carbonyl (C=O) groups is 1. The van der Waals surface area contributed by atoms with Gasteiger partial charge in [0.1, 0.15) is 0 Å². The van der Waals surface area contributed by atoms with Crippen LogP contribution in [-0.2, 0) is 24.1 Å². The molecule has 0 unspecified atom stereocenters. The highest BCUT2D eigenvalue weighted by molar-refractivity contribution is 5.99. The third-order valence-corrected chi connectivity index (χ3v) is 8.30. The summed E-state index contributed by atoms with van der Waals surface area (Å²) in [5.41, 5.74) is 8.77. The van der Waals surface area contributed by atoms with Gasteiger partial charge in [0.15, 0.2) is 0 Å². The van der Waals surface area contributed by atoms with Gasteiger partial charge in [-0.3, -0.25) is 9.59 Å². The van der Waals surface area contributed by atoms with Gasteiger partial charge in [-0.1, -0.05) is 30.3 Å². The van der Waals surface area contributed by atoms with Gasteiger partial charge in [-0.05, 0) is 99.2 Å². The lowest BCUT2D eigenvalue weighted by molar-refractivity contribution is 0.0846. The van der Waals surface area contributed by atoms with Crippen LogP contribution in [0.1, 0.15) is 70.9 Å². The molecule has 200 valence electrons. The predicted octanol–water partition coefficient (Wildman–Crippen LogP) is 5.47. The van der Waals surface area contributed by atoms with E-state index in [1.54, 1.807) is 0 Å². The molecule has 5 rings (SSSR count). The number of ether oxygens (including phenoxy) is 1. The molecule has 3 aromatic rings. The number of benzene rings is 2. The number of amides is 1. The Bertz CT molecular complexity index is 1360. The second-order valence-electron chi connectivity index (χ2n) is 10.6.